The maximum Gasteiger partial charge on any atom is 0.123 e. The maximum absolute atomic E-state index is 13.2. The van der Waals surface area contributed by atoms with E-state index in [0.717, 1.165) is 20.6 Å². The molecule has 94 valence electrons. The Kier molecular flexibility index (Phi) is 4.30. The highest BCUT2D eigenvalue weighted by Crippen LogP contribution is 2.30. The quantitative estimate of drug-likeness (QED) is 0.649. The van der Waals surface area contributed by atoms with Crippen LogP contribution in [0.15, 0.2) is 45.8 Å². The summed E-state index contributed by atoms with van der Waals surface area (Å²) in [6.07, 6.45) is 0. The number of benzene rings is 2. The molecule has 2 aromatic carbocycles. The Bertz CT molecular complexity index is 520. The monoisotopic (exact) mass is 325 g/mol. The molecule has 0 saturated heterocycles. The molecule has 0 aliphatic rings. The molecule has 0 amide bonds. The van der Waals surface area contributed by atoms with Gasteiger partial charge in [0.2, 0.25) is 0 Å². The van der Waals surface area contributed by atoms with Crippen molar-refractivity contribution < 1.29 is 4.39 Å². The van der Waals surface area contributed by atoms with Crippen LogP contribution in [0.5, 0.6) is 0 Å². The zero-order valence-electron chi connectivity index (χ0n) is 9.91. The van der Waals surface area contributed by atoms with E-state index in [1.165, 1.54) is 11.6 Å². The van der Waals surface area contributed by atoms with E-state index in [-0.39, 0.29) is 5.82 Å². The van der Waals surface area contributed by atoms with Crippen molar-refractivity contribution in [1.82, 2.24) is 0 Å². The minimum Gasteiger partial charge on any atom is -0.399 e. The first-order valence-electron chi connectivity index (χ1n) is 5.49. The van der Waals surface area contributed by atoms with Crippen LogP contribution in [0.1, 0.15) is 11.1 Å². The molecule has 0 aliphatic carbocycles. The number of hydrogen-bond donors (Lipinski definition) is 1. The number of nitrogen functional groups attached to an aromatic ring is 1. The van der Waals surface area contributed by atoms with Crippen LogP contribution in [0, 0.1) is 12.7 Å². The average molecular weight is 326 g/mol. The summed E-state index contributed by atoms with van der Waals surface area (Å²) in [5, 5.41) is 0. The van der Waals surface area contributed by atoms with Gasteiger partial charge in [-0.05, 0) is 48.4 Å². The molecule has 0 aliphatic heterocycles. The van der Waals surface area contributed by atoms with Gasteiger partial charge in [-0.2, -0.15) is 0 Å². The second-order valence-corrected chi connectivity index (χ2v) is 5.92. The van der Waals surface area contributed by atoms with Crippen LogP contribution in [0.2, 0.25) is 0 Å². The Hall–Kier alpha value is -1.00. The lowest BCUT2D eigenvalue weighted by molar-refractivity contribution is 0.626. The van der Waals surface area contributed by atoms with Gasteiger partial charge in [-0.15, -0.1) is 11.8 Å². The van der Waals surface area contributed by atoms with Crippen molar-refractivity contribution in [2.24, 2.45) is 0 Å². The number of hydrogen-bond acceptors (Lipinski definition) is 2. The van der Waals surface area contributed by atoms with E-state index in [4.69, 9.17) is 5.73 Å². The number of thioether (sulfide) groups is 1. The van der Waals surface area contributed by atoms with Gasteiger partial charge >= 0.3 is 0 Å². The lowest BCUT2D eigenvalue weighted by atomic mass is 10.2. The first kappa shape index (κ1) is 13.4. The molecule has 2 aromatic rings. The molecule has 0 aromatic heterocycles. The van der Waals surface area contributed by atoms with E-state index in [1.54, 1.807) is 23.9 Å². The third kappa shape index (κ3) is 3.27. The number of nitrogens with two attached hydrogens (primary N) is 1. The van der Waals surface area contributed by atoms with Gasteiger partial charge in [0.25, 0.3) is 0 Å². The number of aryl methyl sites for hydroxylation is 1. The summed E-state index contributed by atoms with van der Waals surface area (Å²) >= 11 is 5.09. The van der Waals surface area contributed by atoms with Crippen LogP contribution < -0.4 is 5.73 Å². The Balaban J connectivity index is 2.16. The highest BCUT2D eigenvalue weighted by atomic mass is 79.9. The van der Waals surface area contributed by atoms with Crippen molar-refractivity contribution in [3.8, 4) is 0 Å². The highest BCUT2D eigenvalue weighted by molar-refractivity contribution is 9.10. The van der Waals surface area contributed by atoms with Crippen LogP contribution in [-0.4, -0.2) is 0 Å². The molecule has 1 nitrogen and oxygen atoms in total. The van der Waals surface area contributed by atoms with E-state index in [9.17, 15) is 4.39 Å². The molecule has 2 N–H and O–H groups in total. The topological polar surface area (TPSA) is 26.0 Å². The van der Waals surface area contributed by atoms with Gasteiger partial charge in [0.1, 0.15) is 5.82 Å². The molecule has 2 rings (SSSR count). The van der Waals surface area contributed by atoms with Crippen molar-refractivity contribution >= 4 is 33.4 Å². The fourth-order valence-electron chi connectivity index (χ4n) is 1.58. The van der Waals surface area contributed by atoms with Crippen LogP contribution in [-0.2, 0) is 5.75 Å². The number of rotatable bonds is 3. The number of halogens is 2. The maximum atomic E-state index is 13.2. The smallest absolute Gasteiger partial charge is 0.123 e. The molecule has 0 heterocycles. The molecule has 0 unspecified atom stereocenters. The van der Waals surface area contributed by atoms with Gasteiger partial charge in [0.15, 0.2) is 0 Å². The van der Waals surface area contributed by atoms with E-state index in [2.05, 4.69) is 15.9 Å². The average Bonchev–Trinajstić information content (AvgIpc) is 2.34. The molecule has 0 atom stereocenters. The lowest BCUT2D eigenvalue weighted by Gasteiger charge is -2.08. The van der Waals surface area contributed by atoms with Crippen LogP contribution >= 0.6 is 27.7 Å². The Morgan fingerprint density at radius 2 is 2.00 bits per heavy atom. The summed E-state index contributed by atoms with van der Waals surface area (Å²) in [7, 11) is 0. The minimum absolute atomic E-state index is 0.210. The molecule has 0 spiro atoms. The summed E-state index contributed by atoms with van der Waals surface area (Å²) in [6.45, 7) is 2.04. The van der Waals surface area contributed by atoms with Gasteiger partial charge < -0.3 is 5.73 Å². The molecular weight excluding hydrogens is 313 g/mol. The second-order valence-electron chi connectivity index (χ2n) is 4.05. The predicted octanol–water partition coefficient (Wildman–Crippen LogP) is 4.77. The Morgan fingerprint density at radius 1 is 1.22 bits per heavy atom. The molecule has 0 radical (unpaired) electrons. The van der Waals surface area contributed by atoms with Gasteiger partial charge in [-0.25, -0.2) is 4.39 Å². The van der Waals surface area contributed by atoms with Gasteiger partial charge in [-0.3, -0.25) is 0 Å². The Labute approximate surface area is 119 Å². The molecule has 18 heavy (non-hydrogen) atoms. The summed E-state index contributed by atoms with van der Waals surface area (Å²) in [6, 6.07) is 10.6. The minimum atomic E-state index is -0.210. The standard InChI is InChI=1S/C14H13BrFNS/c1-9-2-4-12(17)7-14(9)18-8-10-6-11(16)3-5-13(10)15/h2-7H,8,17H2,1H3. The van der Waals surface area contributed by atoms with Crippen molar-refractivity contribution in [1.29, 1.82) is 0 Å². The second kappa shape index (κ2) is 5.76. The summed E-state index contributed by atoms with van der Waals surface area (Å²) in [5.74, 6) is 0.501. The normalized spacial score (nSPS) is 10.6. The molecule has 0 fully saturated rings. The SMILES string of the molecule is Cc1ccc(N)cc1SCc1cc(F)ccc1Br. The lowest BCUT2D eigenvalue weighted by Crippen LogP contribution is -1.89. The first-order chi connectivity index (χ1) is 8.56. The van der Waals surface area contributed by atoms with Gasteiger partial charge in [0.05, 0.1) is 0 Å². The zero-order chi connectivity index (χ0) is 13.1. The molecular formula is C14H13BrFNS. The van der Waals surface area contributed by atoms with E-state index in [0.29, 0.717) is 5.75 Å². The third-order valence-corrected chi connectivity index (χ3v) is 4.58. The van der Waals surface area contributed by atoms with Crippen molar-refractivity contribution in [3.05, 3.63) is 57.8 Å². The molecule has 0 bridgehead atoms. The number of anilines is 1. The van der Waals surface area contributed by atoms with E-state index in [1.807, 2.05) is 25.1 Å². The van der Waals surface area contributed by atoms with Crippen molar-refractivity contribution in [3.63, 3.8) is 0 Å². The predicted molar refractivity (Wildman–Crippen MR) is 79.3 cm³/mol. The highest BCUT2D eigenvalue weighted by Gasteiger charge is 2.05. The zero-order valence-corrected chi connectivity index (χ0v) is 12.3. The van der Waals surface area contributed by atoms with Crippen molar-refractivity contribution in [2.75, 3.05) is 5.73 Å². The van der Waals surface area contributed by atoms with Crippen LogP contribution in [0.25, 0.3) is 0 Å². The van der Waals surface area contributed by atoms with Gasteiger partial charge in [-0.1, -0.05) is 22.0 Å². The third-order valence-electron chi connectivity index (χ3n) is 2.60. The van der Waals surface area contributed by atoms with E-state index >= 15 is 0 Å². The molecule has 4 heteroatoms. The fraction of sp³-hybridized carbons (Fsp3) is 0.143. The summed E-state index contributed by atoms with van der Waals surface area (Å²) < 4.78 is 14.1. The Morgan fingerprint density at radius 3 is 2.78 bits per heavy atom. The molecule has 0 saturated carbocycles. The van der Waals surface area contributed by atoms with Gasteiger partial charge in [0, 0.05) is 20.8 Å². The fourth-order valence-corrected chi connectivity index (χ4v) is 3.22. The largest absolute Gasteiger partial charge is 0.399 e. The van der Waals surface area contributed by atoms with Crippen molar-refractivity contribution in [2.45, 2.75) is 17.6 Å². The summed E-state index contributed by atoms with van der Waals surface area (Å²) in [4.78, 5) is 1.13. The summed E-state index contributed by atoms with van der Waals surface area (Å²) in [5.41, 5.74) is 8.65. The van der Waals surface area contributed by atoms with E-state index < -0.39 is 0 Å². The first-order valence-corrected chi connectivity index (χ1v) is 7.27. The van der Waals surface area contributed by atoms with Crippen LogP contribution in [0.4, 0.5) is 10.1 Å². The van der Waals surface area contributed by atoms with Crippen LogP contribution in [0.3, 0.4) is 0 Å².